The molecule has 2 bridgehead atoms. The number of phenolic OH excluding ortho intramolecular Hbond substituents is 1. The predicted octanol–water partition coefficient (Wildman–Crippen LogP) is 8.09. The van der Waals surface area contributed by atoms with E-state index >= 15 is 0 Å². The highest BCUT2D eigenvalue weighted by Crippen LogP contribution is 2.65. The van der Waals surface area contributed by atoms with Gasteiger partial charge in [-0.05, 0) is 64.4 Å². The maximum Gasteiger partial charge on any atom is 0.446 e. The van der Waals surface area contributed by atoms with Gasteiger partial charge in [-0.2, -0.15) is 13.2 Å². The lowest BCUT2D eigenvalue weighted by Crippen LogP contribution is -2.74. The molecule has 0 amide bonds. The van der Waals surface area contributed by atoms with E-state index in [9.17, 15) is 37.8 Å². The first-order valence-corrected chi connectivity index (χ1v) is 20.9. The fourth-order valence-electron chi connectivity index (χ4n) is 8.90. The number of nitrogens with zero attached hydrogens (tertiary/aromatic N) is 1. The Morgan fingerprint density at radius 1 is 0.912 bits per heavy atom. The van der Waals surface area contributed by atoms with Crippen molar-refractivity contribution in [3.63, 3.8) is 0 Å². The SMILES string of the molecule is CCCCCCCCCCCCCCCCCC(=O)O[C@@H](C)C(=O)O[C@@H](C)C(=O)OC1=CC[C@@]2(O)[C@H]3Cc4ccc(O)c5c4[C@@]2(CCN3C)[C@H]1O5.O=CC(F)(F)F. The third-order valence-electron chi connectivity index (χ3n) is 12.0. The van der Waals surface area contributed by atoms with Gasteiger partial charge in [0.1, 0.15) is 5.76 Å². The second kappa shape index (κ2) is 20.9. The average molecular weight is 810 g/mol. The van der Waals surface area contributed by atoms with Crippen LogP contribution in [-0.2, 0) is 45.2 Å². The van der Waals surface area contributed by atoms with Gasteiger partial charge in [0.25, 0.3) is 0 Å². The number of likely N-dealkylation sites (tertiary alicyclic amines) is 1. The fourth-order valence-corrected chi connectivity index (χ4v) is 8.90. The molecule has 2 aliphatic heterocycles. The van der Waals surface area contributed by atoms with E-state index in [0.717, 1.165) is 24.0 Å². The van der Waals surface area contributed by atoms with Crippen LogP contribution in [0.1, 0.15) is 147 Å². The summed E-state index contributed by atoms with van der Waals surface area (Å²) in [7, 11) is 2.00. The van der Waals surface area contributed by atoms with E-state index in [4.69, 9.17) is 23.7 Å². The first-order chi connectivity index (χ1) is 27.1. The Morgan fingerprint density at radius 2 is 1.46 bits per heavy atom. The number of halogens is 3. The number of unbranched alkanes of at least 4 members (excludes halogenated alkanes) is 14. The molecular formula is C43H62F3NO10. The number of hydrogen-bond donors (Lipinski definition) is 2. The fraction of sp³-hybridized carbons (Fsp3) is 0.721. The number of piperidine rings is 1. The first-order valence-electron chi connectivity index (χ1n) is 20.9. The lowest BCUT2D eigenvalue weighted by atomic mass is 9.50. The van der Waals surface area contributed by atoms with Crippen LogP contribution in [0.5, 0.6) is 11.5 Å². The van der Waals surface area contributed by atoms with Crippen LogP contribution in [0.15, 0.2) is 24.0 Å². The molecule has 14 heteroatoms. The molecule has 6 atom stereocenters. The van der Waals surface area contributed by atoms with Crippen molar-refractivity contribution in [2.24, 2.45) is 0 Å². The standard InChI is InChI=1S/C41H61NO9.C2HF3O/c1-5-6-7-8-9-10-11-12-13-14-15-16-17-18-19-20-34(44)48-28(2)38(45)49-29(3)39(46)50-32-23-24-41(47)33-27-30-21-22-31(43)36-35(30)40(41,37(32)51-36)25-26-42(33)4;3-2(4,5)1-6/h21-23,28-29,33,37,43,47H,5-20,24-27H2,1-4H3;1H/t28-,29-,33+,37-,40-,41+;/m0./s1. The van der Waals surface area contributed by atoms with Crippen molar-refractivity contribution < 1.29 is 61.5 Å². The monoisotopic (exact) mass is 809 g/mol. The summed E-state index contributed by atoms with van der Waals surface area (Å²) in [5, 5.41) is 23.0. The van der Waals surface area contributed by atoms with E-state index in [1.807, 2.05) is 13.1 Å². The highest BCUT2D eigenvalue weighted by molar-refractivity contribution is 5.83. The molecule has 320 valence electrons. The van der Waals surface area contributed by atoms with Crippen molar-refractivity contribution in [1.82, 2.24) is 4.90 Å². The molecule has 2 aliphatic carbocycles. The molecule has 0 radical (unpaired) electrons. The Hall–Kier alpha value is -3.65. The zero-order chi connectivity index (χ0) is 41.8. The molecule has 57 heavy (non-hydrogen) atoms. The topological polar surface area (TPSA) is 149 Å². The maximum absolute atomic E-state index is 13.2. The van der Waals surface area contributed by atoms with Gasteiger partial charge in [-0.15, -0.1) is 0 Å². The second-order valence-electron chi connectivity index (χ2n) is 16.1. The smallest absolute Gasteiger partial charge is 0.446 e. The number of esters is 3. The van der Waals surface area contributed by atoms with Gasteiger partial charge < -0.3 is 34.1 Å². The molecular weight excluding hydrogens is 747 g/mol. The van der Waals surface area contributed by atoms with Crippen molar-refractivity contribution >= 4 is 24.2 Å². The molecule has 4 aliphatic rings. The zero-order valence-corrected chi connectivity index (χ0v) is 34.0. The number of ether oxygens (including phenoxy) is 4. The molecule has 5 rings (SSSR count). The van der Waals surface area contributed by atoms with E-state index in [1.54, 1.807) is 12.1 Å². The van der Waals surface area contributed by atoms with Crippen molar-refractivity contribution in [3.8, 4) is 11.5 Å². The number of aliphatic hydroxyl groups is 1. The highest BCUT2D eigenvalue weighted by atomic mass is 19.4. The molecule has 11 nitrogen and oxygen atoms in total. The van der Waals surface area contributed by atoms with Gasteiger partial charge in [0, 0.05) is 24.4 Å². The number of carbonyl (C=O) groups is 4. The third-order valence-corrected chi connectivity index (χ3v) is 12.0. The Bertz CT molecular complexity index is 1570. The quantitative estimate of drug-likeness (QED) is 0.0537. The number of hydrogen-bond acceptors (Lipinski definition) is 11. The van der Waals surface area contributed by atoms with Gasteiger partial charge >= 0.3 is 24.1 Å². The van der Waals surface area contributed by atoms with Gasteiger partial charge in [0.15, 0.2) is 29.8 Å². The Labute approximate surface area is 334 Å². The van der Waals surface area contributed by atoms with Gasteiger partial charge in [0.2, 0.25) is 6.29 Å². The van der Waals surface area contributed by atoms with E-state index in [-0.39, 0.29) is 30.4 Å². The molecule has 1 aromatic rings. The third kappa shape index (κ3) is 11.3. The van der Waals surface area contributed by atoms with E-state index in [2.05, 4.69) is 11.8 Å². The van der Waals surface area contributed by atoms with Crippen LogP contribution < -0.4 is 4.74 Å². The number of aldehydes is 1. The number of benzene rings is 1. The average Bonchev–Trinajstić information content (AvgIpc) is 3.53. The normalized spacial score (nSPS) is 24.1. The van der Waals surface area contributed by atoms with Gasteiger partial charge in [-0.3, -0.25) is 9.59 Å². The summed E-state index contributed by atoms with van der Waals surface area (Å²) in [5.74, 6) is -1.58. The number of aromatic hydroxyl groups is 1. The Kier molecular flexibility index (Phi) is 16.8. The minimum atomic E-state index is -4.64. The molecule has 1 spiro atoms. The Morgan fingerprint density at radius 3 is 2.02 bits per heavy atom. The van der Waals surface area contributed by atoms with Gasteiger partial charge in [-0.25, -0.2) is 9.59 Å². The van der Waals surface area contributed by atoms with E-state index < -0.39 is 59.7 Å². The highest BCUT2D eigenvalue weighted by Gasteiger charge is 2.72. The number of likely N-dealkylation sites (N-methyl/N-ethyl adjacent to an activating group) is 1. The predicted molar refractivity (Wildman–Crippen MR) is 205 cm³/mol. The molecule has 1 fully saturated rings. The van der Waals surface area contributed by atoms with Gasteiger partial charge in [-0.1, -0.05) is 103 Å². The maximum atomic E-state index is 13.2. The van der Waals surface area contributed by atoms with Crippen molar-refractivity contribution in [2.45, 2.75) is 184 Å². The summed E-state index contributed by atoms with van der Waals surface area (Å²) in [6, 6.07) is 3.32. The number of carbonyl (C=O) groups excluding carboxylic acids is 4. The van der Waals surface area contributed by atoms with Crippen LogP contribution >= 0.6 is 0 Å². The summed E-state index contributed by atoms with van der Waals surface area (Å²) < 4.78 is 54.0. The van der Waals surface area contributed by atoms with Crippen molar-refractivity contribution in [3.05, 3.63) is 35.1 Å². The van der Waals surface area contributed by atoms with Crippen molar-refractivity contribution in [1.29, 1.82) is 0 Å². The summed E-state index contributed by atoms with van der Waals surface area (Å²) >= 11 is 0. The van der Waals surface area contributed by atoms with Crippen LogP contribution in [0.2, 0.25) is 0 Å². The number of phenols is 1. The number of alkyl halides is 3. The molecule has 0 saturated carbocycles. The molecule has 2 N–H and O–H groups in total. The summed E-state index contributed by atoms with van der Waals surface area (Å²) in [6.07, 6.45) is 12.9. The molecule has 1 aromatic carbocycles. The minimum Gasteiger partial charge on any atom is -0.504 e. The van der Waals surface area contributed by atoms with E-state index in [1.165, 1.54) is 90.9 Å². The van der Waals surface area contributed by atoms with E-state index in [0.29, 0.717) is 31.6 Å². The summed E-state index contributed by atoms with van der Waals surface area (Å²) in [5.41, 5.74) is -0.285. The zero-order valence-electron chi connectivity index (χ0n) is 34.0. The number of rotatable bonds is 21. The van der Waals surface area contributed by atoms with Crippen LogP contribution in [0.25, 0.3) is 0 Å². The molecule has 1 saturated heterocycles. The summed E-state index contributed by atoms with van der Waals surface area (Å²) in [4.78, 5) is 49.3. The summed E-state index contributed by atoms with van der Waals surface area (Å²) in [6.45, 7) is 5.79. The van der Waals surface area contributed by atoms with Crippen LogP contribution in [0.4, 0.5) is 13.2 Å². The van der Waals surface area contributed by atoms with Crippen LogP contribution in [0, 0.1) is 0 Å². The van der Waals surface area contributed by atoms with Crippen LogP contribution in [0.3, 0.4) is 0 Å². The first kappa shape index (κ1) is 46.0. The lowest BCUT2D eigenvalue weighted by Gasteiger charge is -2.61. The second-order valence-corrected chi connectivity index (χ2v) is 16.1. The minimum absolute atomic E-state index is 0.0200. The molecule has 2 heterocycles. The molecule has 0 unspecified atom stereocenters. The molecule has 0 aromatic heterocycles. The lowest BCUT2D eigenvalue weighted by molar-refractivity contribution is -0.180. The largest absolute Gasteiger partial charge is 0.504 e. The van der Waals surface area contributed by atoms with Crippen molar-refractivity contribution in [2.75, 3.05) is 13.6 Å². The van der Waals surface area contributed by atoms with Gasteiger partial charge in [0.05, 0.1) is 11.0 Å². The van der Waals surface area contributed by atoms with Crippen LogP contribution in [-0.4, -0.2) is 89.0 Å². The Balaban J connectivity index is 0.00000111.